The lowest BCUT2D eigenvalue weighted by molar-refractivity contribution is 0.485. The second-order valence-electron chi connectivity index (χ2n) is 4.07. The average Bonchev–Trinajstić information content (AvgIpc) is 2.29. The van der Waals surface area contributed by atoms with Crippen molar-refractivity contribution in [1.29, 1.82) is 0 Å². The van der Waals surface area contributed by atoms with Crippen LogP contribution in [0.25, 0.3) is 0 Å². The quantitative estimate of drug-likeness (QED) is 0.642. The van der Waals surface area contributed by atoms with Crippen molar-refractivity contribution in [2.45, 2.75) is 26.3 Å². The molecule has 1 aromatic rings. The minimum atomic E-state index is -0.208. The fourth-order valence-corrected chi connectivity index (χ4v) is 1.65. The second kappa shape index (κ2) is 7.22. The van der Waals surface area contributed by atoms with Crippen molar-refractivity contribution in [1.82, 2.24) is 10.2 Å². The van der Waals surface area contributed by atoms with E-state index in [0.717, 1.165) is 24.9 Å². The van der Waals surface area contributed by atoms with Crippen LogP contribution < -0.4 is 5.32 Å². The molecule has 0 saturated carbocycles. The van der Waals surface area contributed by atoms with Crippen LogP contribution in [0.1, 0.15) is 25.3 Å². The van der Waals surface area contributed by atoms with E-state index < -0.39 is 0 Å². The molecule has 4 heteroatoms. The largest absolute Gasteiger partial charge is 0.363 e. The van der Waals surface area contributed by atoms with Crippen LogP contribution in [0.5, 0.6) is 0 Å². The van der Waals surface area contributed by atoms with E-state index in [9.17, 15) is 4.39 Å². The lowest BCUT2D eigenvalue weighted by Gasteiger charge is -2.21. The Kier molecular flexibility index (Phi) is 5.91. The van der Waals surface area contributed by atoms with Gasteiger partial charge in [0.15, 0.2) is 5.11 Å². The number of hydrogen-bond donors (Lipinski definition) is 1. The number of nitrogens with zero attached hydrogens (tertiary/aromatic N) is 1. The number of rotatable bonds is 5. The van der Waals surface area contributed by atoms with Crippen molar-refractivity contribution in [3.63, 3.8) is 0 Å². The Bertz CT molecular complexity index is 368. The number of hydrogen-bond acceptors (Lipinski definition) is 1. The van der Waals surface area contributed by atoms with Gasteiger partial charge in [-0.05, 0) is 36.3 Å². The Hall–Kier alpha value is -1.16. The van der Waals surface area contributed by atoms with Gasteiger partial charge in [0, 0.05) is 20.1 Å². The van der Waals surface area contributed by atoms with E-state index in [1.165, 1.54) is 12.1 Å². The van der Waals surface area contributed by atoms with Crippen molar-refractivity contribution in [3.8, 4) is 0 Å². The topological polar surface area (TPSA) is 15.3 Å². The maximum atomic E-state index is 13.0. The molecule has 17 heavy (non-hydrogen) atoms. The summed E-state index contributed by atoms with van der Waals surface area (Å²) in [6.07, 6.45) is 2.25. The predicted octanol–water partition coefficient (Wildman–Crippen LogP) is 2.93. The van der Waals surface area contributed by atoms with Gasteiger partial charge in [-0.15, -0.1) is 0 Å². The van der Waals surface area contributed by atoms with Crippen LogP contribution in [0.4, 0.5) is 4.39 Å². The van der Waals surface area contributed by atoms with Crippen molar-refractivity contribution in [2.75, 3.05) is 13.6 Å². The van der Waals surface area contributed by atoms with Crippen molar-refractivity contribution in [2.24, 2.45) is 0 Å². The standard InChI is InChI=1S/C13H19FN2S/c1-3-4-8-15-13(17)16(2)10-11-6-5-7-12(14)9-11/h5-7,9H,3-4,8,10H2,1-2H3,(H,15,17). The number of nitrogens with one attached hydrogen (secondary N) is 1. The van der Waals surface area contributed by atoms with Crippen LogP contribution in [-0.2, 0) is 6.54 Å². The van der Waals surface area contributed by atoms with Gasteiger partial charge in [0.05, 0.1) is 0 Å². The maximum absolute atomic E-state index is 13.0. The zero-order valence-corrected chi connectivity index (χ0v) is 11.2. The minimum Gasteiger partial charge on any atom is -0.363 e. The Balaban J connectivity index is 2.43. The first kappa shape index (κ1) is 13.9. The first-order chi connectivity index (χ1) is 8.13. The average molecular weight is 254 g/mol. The fraction of sp³-hybridized carbons (Fsp3) is 0.462. The third-order valence-corrected chi connectivity index (χ3v) is 2.92. The molecule has 0 heterocycles. The molecule has 0 saturated heterocycles. The van der Waals surface area contributed by atoms with E-state index in [-0.39, 0.29) is 5.82 Å². The van der Waals surface area contributed by atoms with E-state index >= 15 is 0 Å². The van der Waals surface area contributed by atoms with Gasteiger partial charge in [0.1, 0.15) is 5.82 Å². The first-order valence-electron chi connectivity index (χ1n) is 5.87. The Morgan fingerprint density at radius 2 is 2.24 bits per heavy atom. The fourth-order valence-electron chi connectivity index (χ4n) is 1.49. The van der Waals surface area contributed by atoms with Crippen molar-refractivity contribution >= 4 is 17.3 Å². The van der Waals surface area contributed by atoms with Gasteiger partial charge in [-0.3, -0.25) is 0 Å². The molecule has 0 amide bonds. The predicted molar refractivity (Wildman–Crippen MR) is 73.4 cm³/mol. The third kappa shape index (κ3) is 5.13. The SMILES string of the molecule is CCCCNC(=S)N(C)Cc1cccc(F)c1. The van der Waals surface area contributed by atoms with E-state index in [4.69, 9.17) is 12.2 Å². The summed E-state index contributed by atoms with van der Waals surface area (Å²) in [5, 5.41) is 3.89. The van der Waals surface area contributed by atoms with Gasteiger partial charge in [-0.1, -0.05) is 25.5 Å². The van der Waals surface area contributed by atoms with Gasteiger partial charge < -0.3 is 10.2 Å². The summed E-state index contributed by atoms with van der Waals surface area (Å²) in [4.78, 5) is 1.92. The van der Waals surface area contributed by atoms with Gasteiger partial charge >= 0.3 is 0 Å². The monoisotopic (exact) mass is 254 g/mol. The zero-order valence-electron chi connectivity index (χ0n) is 10.4. The zero-order chi connectivity index (χ0) is 12.7. The van der Waals surface area contributed by atoms with Gasteiger partial charge in [-0.2, -0.15) is 0 Å². The molecule has 2 nitrogen and oxygen atoms in total. The van der Waals surface area contributed by atoms with E-state index in [2.05, 4.69) is 12.2 Å². The van der Waals surface area contributed by atoms with Crippen LogP contribution in [0.3, 0.4) is 0 Å². The van der Waals surface area contributed by atoms with Crippen LogP contribution in [0.2, 0.25) is 0 Å². The molecule has 1 aromatic carbocycles. The normalized spacial score (nSPS) is 10.1. The summed E-state index contributed by atoms with van der Waals surface area (Å²) in [6, 6.07) is 6.59. The molecule has 0 aliphatic rings. The summed E-state index contributed by atoms with van der Waals surface area (Å²) in [5.41, 5.74) is 0.923. The number of benzene rings is 1. The van der Waals surface area contributed by atoms with Crippen LogP contribution in [-0.4, -0.2) is 23.6 Å². The molecule has 1 rings (SSSR count). The number of thiocarbonyl (C=S) groups is 1. The summed E-state index contributed by atoms with van der Waals surface area (Å²) >= 11 is 5.24. The van der Waals surface area contributed by atoms with Crippen LogP contribution in [0.15, 0.2) is 24.3 Å². The Morgan fingerprint density at radius 3 is 2.88 bits per heavy atom. The van der Waals surface area contributed by atoms with Gasteiger partial charge in [0.2, 0.25) is 0 Å². The molecule has 0 fully saturated rings. The summed E-state index contributed by atoms with van der Waals surface area (Å²) < 4.78 is 13.0. The van der Waals surface area contributed by atoms with E-state index in [1.54, 1.807) is 6.07 Å². The molecule has 94 valence electrons. The Labute approximate surface area is 108 Å². The molecular weight excluding hydrogens is 235 g/mol. The highest BCUT2D eigenvalue weighted by Gasteiger charge is 2.04. The molecule has 0 radical (unpaired) electrons. The highest BCUT2D eigenvalue weighted by molar-refractivity contribution is 7.80. The van der Waals surface area contributed by atoms with Gasteiger partial charge in [0.25, 0.3) is 0 Å². The van der Waals surface area contributed by atoms with Crippen molar-refractivity contribution in [3.05, 3.63) is 35.6 Å². The van der Waals surface area contributed by atoms with E-state index in [0.29, 0.717) is 11.7 Å². The Morgan fingerprint density at radius 1 is 1.47 bits per heavy atom. The summed E-state index contributed by atoms with van der Waals surface area (Å²) in [5.74, 6) is -0.208. The smallest absolute Gasteiger partial charge is 0.168 e. The van der Waals surface area contributed by atoms with Crippen LogP contribution in [0, 0.1) is 5.82 Å². The van der Waals surface area contributed by atoms with Crippen molar-refractivity contribution < 1.29 is 4.39 Å². The maximum Gasteiger partial charge on any atom is 0.168 e. The molecule has 0 aliphatic heterocycles. The molecule has 1 N–H and O–H groups in total. The van der Waals surface area contributed by atoms with Gasteiger partial charge in [-0.25, -0.2) is 4.39 Å². The number of halogens is 1. The lowest BCUT2D eigenvalue weighted by Crippen LogP contribution is -2.36. The molecule has 0 unspecified atom stereocenters. The summed E-state index contributed by atoms with van der Waals surface area (Å²) in [6.45, 7) is 3.65. The first-order valence-corrected chi connectivity index (χ1v) is 6.27. The molecule has 0 atom stereocenters. The second-order valence-corrected chi connectivity index (χ2v) is 4.46. The highest BCUT2D eigenvalue weighted by Crippen LogP contribution is 2.06. The molecule has 0 aliphatic carbocycles. The molecule has 0 spiro atoms. The highest BCUT2D eigenvalue weighted by atomic mass is 32.1. The molecule has 0 bridgehead atoms. The molecular formula is C13H19FN2S. The van der Waals surface area contributed by atoms with E-state index in [1.807, 2.05) is 18.0 Å². The third-order valence-electron chi connectivity index (χ3n) is 2.46. The number of unbranched alkanes of at least 4 members (excludes halogenated alkanes) is 1. The van der Waals surface area contributed by atoms with Crippen LogP contribution >= 0.6 is 12.2 Å². The minimum absolute atomic E-state index is 0.208. The molecule has 0 aromatic heterocycles. The summed E-state index contributed by atoms with van der Waals surface area (Å²) in [7, 11) is 1.91. The lowest BCUT2D eigenvalue weighted by atomic mass is 10.2.